The number of benzene rings is 3. The maximum absolute atomic E-state index is 13.4. The molecule has 1 aliphatic heterocycles. The number of rotatable bonds is 5. The lowest BCUT2D eigenvalue weighted by molar-refractivity contribution is -0.122. The summed E-state index contributed by atoms with van der Waals surface area (Å²) in [5.74, 6) is -0.0669. The number of amides is 1. The molecule has 4 aromatic rings. The number of nitrogens with zero attached hydrogens (tertiary/aromatic N) is 4. The van der Waals surface area contributed by atoms with Crippen LogP contribution < -0.4 is 5.69 Å². The second-order valence-electron chi connectivity index (χ2n) is 8.22. The van der Waals surface area contributed by atoms with Gasteiger partial charge in [0.1, 0.15) is 0 Å². The lowest BCUT2D eigenvalue weighted by atomic mass is 10.1. The van der Waals surface area contributed by atoms with Gasteiger partial charge >= 0.3 is 5.69 Å². The number of carbonyl (C=O) groups excluding carboxylic acids is 1. The normalized spacial score (nSPS) is 16.3. The van der Waals surface area contributed by atoms with Crippen LogP contribution in [0.5, 0.6) is 0 Å². The molecule has 0 unspecified atom stereocenters. The lowest BCUT2D eigenvalue weighted by Gasteiger charge is -2.15. The Morgan fingerprint density at radius 3 is 2.18 bits per heavy atom. The fourth-order valence-electron chi connectivity index (χ4n) is 4.04. The van der Waals surface area contributed by atoms with Crippen LogP contribution in [0.2, 0.25) is 0 Å². The fourth-order valence-corrected chi connectivity index (χ4v) is 5.01. The molecule has 6 nitrogen and oxygen atoms in total. The van der Waals surface area contributed by atoms with E-state index < -0.39 is 0 Å². The number of thioether (sulfide) groups is 1. The van der Waals surface area contributed by atoms with E-state index in [1.54, 1.807) is 28.1 Å². The smallest absolute Gasteiger partial charge is 0.295 e. The number of hydrogen-bond donors (Lipinski definition) is 0. The standard InChI is InChI=1S/C27H24N4O2S/c1-29-22-14-13-21(15-23(22)30(2)27(29)33)16-24-25(32)31(18-20-11-7-4-8-12-20)26(34-24)28-17-19-9-5-3-6-10-19/h3-16H,17-18H2,1-2H3/b24-16+,28-26?. The molecular weight excluding hydrogens is 444 g/mol. The van der Waals surface area contributed by atoms with E-state index in [0.29, 0.717) is 23.2 Å². The average Bonchev–Trinajstić information content (AvgIpc) is 3.27. The minimum atomic E-state index is -0.0736. The lowest BCUT2D eigenvalue weighted by Crippen LogP contribution is -2.28. The van der Waals surface area contributed by atoms with Crippen molar-refractivity contribution in [2.24, 2.45) is 19.1 Å². The van der Waals surface area contributed by atoms with Crippen molar-refractivity contribution in [2.75, 3.05) is 0 Å². The van der Waals surface area contributed by atoms with Gasteiger partial charge in [-0.3, -0.25) is 23.8 Å². The van der Waals surface area contributed by atoms with Gasteiger partial charge in [0.15, 0.2) is 5.17 Å². The van der Waals surface area contributed by atoms with Crippen molar-refractivity contribution in [3.8, 4) is 0 Å². The highest BCUT2D eigenvalue weighted by Gasteiger charge is 2.33. The summed E-state index contributed by atoms with van der Waals surface area (Å²) in [5.41, 5.74) is 4.62. The van der Waals surface area contributed by atoms with E-state index in [1.165, 1.54) is 11.8 Å². The van der Waals surface area contributed by atoms with Gasteiger partial charge in [-0.25, -0.2) is 4.79 Å². The molecule has 0 spiro atoms. The molecule has 7 heteroatoms. The number of fused-ring (bicyclic) bond motifs is 1. The molecule has 0 saturated carbocycles. The van der Waals surface area contributed by atoms with Crippen LogP contribution in [0.15, 0.2) is 93.6 Å². The zero-order valence-corrected chi connectivity index (χ0v) is 19.8. The molecule has 34 heavy (non-hydrogen) atoms. The third-order valence-electron chi connectivity index (χ3n) is 5.91. The molecule has 1 amide bonds. The van der Waals surface area contributed by atoms with Crippen LogP contribution in [0, 0.1) is 0 Å². The minimum Gasteiger partial charge on any atom is -0.295 e. The monoisotopic (exact) mass is 468 g/mol. The van der Waals surface area contributed by atoms with E-state index in [2.05, 4.69) is 0 Å². The molecule has 1 fully saturated rings. The molecule has 1 aliphatic rings. The van der Waals surface area contributed by atoms with Crippen LogP contribution in [0.1, 0.15) is 16.7 Å². The van der Waals surface area contributed by atoms with Gasteiger partial charge < -0.3 is 0 Å². The molecule has 0 aliphatic carbocycles. The topological polar surface area (TPSA) is 59.6 Å². The van der Waals surface area contributed by atoms with Crippen LogP contribution in [0.4, 0.5) is 0 Å². The summed E-state index contributed by atoms with van der Waals surface area (Å²) in [6, 6.07) is 25.7. The summed E-state index contributed by atoms with van der Waals surface area (Å²) in [5, 5.41) is 0.692. The van der Waals surface area contributed by atoms with Gasteiger partial charge in [-0.05, 0) is 46.7 Å². The Bertz CT molecular complexity index is 1480. The minimum absolute atomic E-state index is 0.0669. The number of carbonyl (C=O) groups is 1. The van der Waals surface area contributed by atoms with Gasteiger partial charge in [0.2, 0.25) is 0 Å². The summed E-state index contributed by atoms with van der Waals surface area (Å²) < 4.78 is 3.24. The Morgan fingerprint density at radius 1 is 0.824 bits per heavy atom. The SMILES string of the molecule is Cn1c(=O)n(C)c2cc(/C=C3/SC(=NCc4ccccc4)N(Cc4ccccc4)C3=O)ccc21. The Hall–Kier alpha value is -3.84. The quantitative estimate of drug-likeness (QED) is 0.404. The maximum atomic E-state index is 13.4. The van der Waals surface area contributed by atoms with Crippen LogP contribution in [0.25, 0.3) is 17.1 Å². The largest absolute Gasteiger partial charge is 0.328 e. The third kappa shape index (κ3) is 4.22. The summed E-state index contributed by atoms with van der Waals surface area (Å²) in [4.78, 5) is 32.8. The van der Waals surface area contributed by atoms with E-state index in [-0.39, 0.29) is 11.6 Å². The molecule has 1 aromatic heterocycles. The highest BCUT2D eigenvalue weighted by atomic mass is 32.2. The van der Waals surface area contributed by atoms with Gasteiger partial charge in [-0.2, -0.15) is 0 Å². The van der Waals surface area contributed by atoms with E-state index in [0.717, 1.165) is 27.7 Å². The zero-order valence-electron chi connectivity index (χ0n) is 19.0. The Balaban J connectivity index is 1.49. The predicted octanol–water partition coefficient (Wildman–Crippen LogP) is 4.55. The molecule has 1 saturated heterocycles. The van der Waals surface area contributed by atoms with Crippen molar-refractivity contribution in [3.05, 3.63) is 111 Å². The molecule has 2 heterocycles. The highest BCUT2D eigenvalue weighted by molar-refractivity contribution is 8.18. The highest BCUT2D eigenvalue weighted by Crippen LogP contribution is 2.34. The van der Waals surface area contributed by atoms with Crippen molar-refractivity contribution in [1.29, 1.82) is 0 Å². The fraction of sp³-hybridized carbons (Fsp3) is 0.148. The number of aryl methyl sites for hydroxylation is 2. The average molecular weight is 469 g/mol. The van der Waals surface area contributed by atoms with Crippen molar-refractivity contribution >= 4 is 39.9 Å². The second kappa shape index (κ2) is 9.19. The first-order valence-corrected chi connectivity index (χ1v) is 11.8. The van der Waals surface area contributed by atoms with Crippen LogP contribution in [0.3, 0.4) is 0 Å². The van der Waals surface area contributed by atoms with Gasteiger partial charge in [-0.1, -0.05) is 66.7 Å². The molecule has 0 N–H and O–H groups in total. The third-order valence-corrected chi connectivity index (χ3v) is 6.95. The number of hydrogen-bond acceptors (Lipinski definition) is 4. The van der Waals surface area contributed by atoms with Crippen LogP contribution >= 0.6 is 11.8 Å². The Kier molecular flexibility index (Phi) is 5.94. The molecule has 170 valence electrons. The molecular formula is C27H24N4O2S. The molecule has 0 atom stereocenters. The predicted molar refractivity (Wildman–Crippen MR) is 138 cm³/mol. The van der Waals surface area contributed by atoms with E-state index in [4.69, 9.17) is 4.99 Å². The van der Waals surface area contributed by atoms with Crippen molar-refractivity contribution < 1.29 is 4.79 Å². The number of aromatic nitrogens is 2. The van der Waals surface area contributed by atoms with Gasteiger partial charge in [0.05, 0.1) is 29.0 Å². The van der Waals surface area contributed by atoms with Crippen LogP contribution in [-0.4, -0.2) is 25.1 Å². The second-order valence-corrected chi connectivity index (χ2v) is 9.23. The maximum Gasteiger partial charge on any atom is 0.328 e. The van der Waals surface area contributed by atoms with Crippen molar-refractivity contribution in [2.45, 2.75) is 13.1 Å². The Morgan fingerprint density at radius 2 is 1.47 bits per heavy atom. The first kappa shape index (κ1) is 22.0. The summed E-state index contributed by atoms with van der Waals surface area (Å²) in [7, 11) is 3.52. The van der Waals surface area contributed by atoms with E-state index in [9.17, 15) is 9.59 Å². The van der Waals surface area contributed by atoms with Gasteiger partial charge in [-0.15, -0.1) is 0 Å². The number of amidine groups is 1. The Labute approximate surface area is 201 Å². The van der Waals surface area contributed by atoms with Crippen LogP contribution in [-0.2, 0) is 32.0 Å². The van der Waals surface area contributed by atoms with Crippen molar-refractivity contribution in [1.82, 2.24) is 14.0 Å². The van der Waals surface area contributed by atoms with Crippen molar-refractivity contribution in [3.63, 3.8) is 0 Å². The summed E-state index contributed by atoms with van der Waals surface area (Å²) >= 11 is 1.39. The molecule has 0 bridgehead atoms. The van der Waals surface area contributed by atoms with E-state index in [1.807, 2.05) is 84.9 Å². The summed E-state index contributed by atoms with van der Waals surface area (Å²) in [6.07, 6.45) is 1.88. The molecule has 3 aromatic carbocycles. The molecule has 5 rings (SSSR count). The summed E-state index contributed by atoms with van der Waals surface area (Å²) in [6.45, 7) is 0.969. The first-order valence-electron chi connectivity index (χ1n) is 11.0. The van der Waals surface area contributed by atoms with Gasteiger partial charge in [0.25, 0.3) is 5.91 Å². The van der Waals surface area contributed by atoms with E-state index >= 15 is 0 Å². The van der Waals surface area contributed by atoms with Gasteiger partial charge in [0, 0.05) is 14.1 Å². The first-order chi connectivity index (χ1) is 16.5. The number of imidazole rings is 1. The zero-order chi connectivity index (χ0) is 23.7. The molecule has 0 radical (unpaired) electrons. The number of aliphatic imine (C=N–C) groups is 1.